The SMILES string of the molecule is C[C@]12CC(C=N)=C(Nc3ccc(F)nc3)C=C1CC[C@H]1[C@@H]3CC[C@](O)(C(=O)S)[C@@]3(C)C[C@H](O)[C@@]12F. The monoisotopic (exact) mass is 503 g/mol. The Morgan fingerprint density at radius 3 is 2.69 bits per heavy atom. The molecule has 0 unspecified atom stereocenters. The van der Waals surface area contributed by atoms with Crippen LogP contribution in [0.3, 0.4) is 0 Å². The number of alkyl halides is 1. The number of hydrogen-bond acceptors (Lipinski definition) is 6. The second-order valence-corrected chi connectivity index (χ2v) is 11.5. The summed E-state index contributed by atoms with van der Waals surface area (Å²) in [5, 5.41) is 33.2. The van der Waals surface area contributed by atoms with Gasteiger partial charge < -0.3 is 20.9 Å². The number of pyridine rings is 1. The van der Waals surface area contributed by atoms with Crippen LogP contribution in [0.4, 0.5) is 14.5 Å². The van der Waals surface area contributed by atoms with Crippen molar-refractivity contribution in [1.29, 1.82) is 5.41 Å². The lowest BCUT2D eigenvalue weighted by Crippen LogP contribution is -2.69. The fourth-order valence-electron chi connectivity index (χ4n) is 7.78. The molecule has 35 heavy (non-hydrogen) atoms. The van der Waals surface area contributed by atoms with Gasteiger partial charge in [0.1, 0.15) is 11.3 Å². The van der Waals surface area contributed by atoms with Gasteiger partial charge in [-0.15, -0.1) is 12.6 Å². The Kier molecular flexibility index (Phi) is 5.58. The van der Waals surface area contributed by atoms with E-state index in [2.05, 4.69) is 22.9 Å². The average molecular weight is 504 g/mol. The molecule has 1 aromatic heterocycles. The summed E-state index contributed by atoms with van der Waals surface area (Å²) in [4.78, 5) is 16.0. The minimum atomic E-state index is -1.98. The van der Waals surface area contributed by atoms with Gasteiger partial charge in [-0.1, -0.05) is 19.4 Å². The summed E-state index contributed by atoms with van der Waals surface area (Å²) in [5.74, 6) is -1.41. The number of rotatable bonds is 4. The highest BCUT2D eigenvalue weighted by atomic mass is 32.1. The molecule has 0 bridgehead atoms. The van der Waals surface area contributed by atoms with E-state index in [1.54, 1.807) is 13.0 Å². The van der Waals surface area contributed by atoms with Gasteiger partial charge in [0, 0.05) is 28.7 Å². The van der Waals surface area contributed by atoms with E-state index in [9.17, 15) is 19.4 Å². The lowest BCUT2D eigenvalue weighted by molar-refractivity contribution is -0.222. The van der Waals surface area contributed by atoms with Gasteiger partial charge in [0.15, 0.2) is 0 Å². The van der Waals surface area contributed by atoms with Crippen LogP contribution in [0.1, 0.15) is 52.4 Å². The first-order valence-corrected chi connectivity index (χ1v) is 12.5. The number of nitrogens with zero attached hydrogens (tertiary/aromatic N) is 1. The van der Waals surface area contributed by atoms with Gasteiger partial charge in [-0.3, -0.25) is 4.79 Å². The van der Waals surface area contributed by atoms with Crippen LogP contribution in [0.5, 0.6) is 0 Å². The minimum Gasteiger partial charge on any atom is -0.390 e. The first kappa shape index (κ1) is 24.6. The summed E-state index contributed by atoms with van der Waals surface area (Å²) in [6.45, 7) is 3.61. The molecule has 0 amide bonds. The highest BCUT2D eigenvalue weighted by molar-refractivity contribution is 7.96. The van der Waals surface area contributed by atoms with Gasteiger partial charge in [-0.25, -0.2) is 9.37 Å². The first-order valence-electron chi connectivity index (χ1n) is 12.1. The molecule has 0 aliphatic heterocycles. The number of thiol groups is 1. The number of aliphatic hydroxyl groups is 2. The predicted molar refractivity (Wildman–Crippen MR) is 131 cm³/mol. The third-order valence-electron chi connectivity index (χ3n) is 9.73. The Bertz CT molecular complexity index is 1160. The zero-order valence-corrected chi connectivity index (χ0v) is 20.7. The fraction of sp³-hybridized carbons (Fsp3) is 0.577. The van der Waals surface area contributed by atoms with E-state index in [0.29, 0.717) is 36.2 Å². The number of anilines is 1. The summed E-state index contributed by atoms with van der Waals surface area (Å²) in [6, 6.07) is 2.79. The number of halogens is 2. The number of carbonyl (C=O) groups excluding carboxylic acids is 1. The Morgan fingerprint density at radius 1 is 1.31 bits per heavy atom. The van der Waals surface area contributed by atoms with Crippen LogP contribution in [0, 0.1) is 34.0 Å². The maximum absolute atomic E-state index is 17.5. The summed E-state index contributed by atoms with van der Waals surface area (Å²) < 4.78 is 30.7. The Hall–Kier alpha value is -2.10. The maximum atomic E-state index is 17.5. The normalized spacial score (nSPS) is 42.5. The maximum Gasteiger partial charge on any atom is 0.218 e. The highest BCUT2D eigenvalue weighted by Gasteiger charge is 2.74. The molecule has 0 radical (unpaired) electrons. The Labute approximate surface area is 208 Å². The van der Waals surface area contributed by atoms with E-state index in [-0.39, 0.29) is 25.2 Å². The highest BCUT2D eigenvalue weighted by Crippen LogP contribution is 2.70. The van der Waals surface area contributed by atoms with Crippen molar-refractivity contribution in [1.82, 2.24) is 4.98 Å². The van der Waals surface area contributed by atoms with Crippen molar-refractivity contribution >= 4 is 29.6 Å². The zero-order valence-electron chi connectivity index (χ0n) is 19.8. The van der Waals surface area contributed by atoms with Crippen molar-refractivity contribution in [3.63, 3.8) is 0 Å². The number of nitrogens with one attached hydrogen (secondary N) is 2. The van der Waals surface area contributed by atoms with Crippen LogP contribution < -0.4 is 5.32 Å². The van der Waals surface area contributed by atoms with Crippen LogP contribution in [-0.4, -0.2) is 43.9 Å². The topological polar surface area (TPSA) is 106 Å². The quantitative estimate of drug-likeness (QED) is 0.239. The molecule has 1 aromatic rings. The van der Waals surface area contributed by atoms with Gasteiger partial charge in [-0.05, 0) is 68.2 Å². The van der Waals surface area contributed by atoms with Gasteiger partial charge in [-0.2, -0.15) is 4.39 Å². The molecule has 0 aromatic carbocycles. The van der Waals surface area contributed by atoms with Gasteiger partial charge in [0.05, 0.1) is 18.0 Å². The van der Waals surface area contributed by atoms with Crippen LogP contribution in [0.15, 0.2) is 41.2 Å². The number of carbonyl (C=O) groups is 1. The number of fused-ring (bicyclic) bond motifs is 5. The molecule has 5 rings (SSSR count). The van der Waals surface area contributed by atoms with E-state index in [1.807, 2.05) is 13.0 Å². The van der Waals surface area contributed by atoms with E-state index in [1.165, 1.54) is 18.5 Å². The van der Waals surface area contributed by atoms with Crippen molar-refractivity contribution in [3.05, 3.63) is 47.2 Å². The third-order valence-corrected chi connectivity index (χ3v) is 10.1. The molecule has 0 spiro atoms. The van der Waals surface area contributed by atoms with E-state index in [4.69, 9.17) is 5.41 Å². The smallest absolute Gasteiger partial charge is 0.218 e. The van der Waals surface area contributed by atoms with Crippen LogP contribution in [0.2, 0.25) is 0 Å². The largest absolute Gasteiger partial charge is 0.390 e. The van der Waals surface area contributed by atoms with Crippen molar-refractivity contribution in [3.8, 4) is 0 Å². The van der Waals surface area contributed by atoms with Gasteiger partial charge >= 0.3 is 0 Å². The Morgan fingerprint density at radius 2 is 2.06 bits per heavy atom. The molecule has 7 atom stereocenters. The van der Waals surface area contributed by atoms with E-state index >= 15 is 4.39 Å². The molecular formula is C26H31F2N3O3S. The van der Waals surface area contributed by atoms with Crippen LogP contribution in [-0.2, 0) is 4.79 Å². The third kappa shape index (κ3) is 3.17. The summed E-state index contributed by atoms with van der Waals surface area (Å²) in [7, 11) is 0. The molecule has 188 valence electrons. The second-order valence-electron chi connectivity index (χ2n) is 11.1. The second kappa shape index (κ2) is 7.95. The minimum absolute atomic E-state index is 0.0354. The molecular weight excluding hydrogens is 472 g/mol. The zero-order chi connectivity index (χ0) is 25.4. The van der Waals surface area contributed by atoms with Crippen molar-refractivity contribution < 1.29 is 23.8 Å². The molecule has 9 heteroatoms. The lowest BCUT2D eigenvalue weighted by atomic mass is 9.44. The molecule has 4 aliphatic rings. The summed E-state index contributed by atoms with van der Waals surface area (Å²) >= 11 is 3.95. The fourth-order valence-corrected chi connectivity index (χ4v) is 8.14. The van der Waals surface area contributed by atoms with Gasteiger partial charge in [0.25, 0.3) is 0 Å². The molecule has 1 heterocycles. The molecule has 3 fully saturated rings. The molecule has 3 saturated carbocycles. The first-order chi connectivity index (χ1) is 16.4. The van der Waals surface area contributed by atoms with Crippen molar-refractivity contribution in [2.45, 2.75) is 69.7 Å². The van der Waals surface area contributed by atoms with E-state index < -0.39 is 45.2 Å². The lowest BCUT2D eigenvalue weighted by Gasteiger charge is -2.63. The van der Waals surface area contributed by atoms with E-state index in [0.717, 1.165) is 5.57 Å². The number of aromatic nitrogens is 1. The summed E-state index contributed by atoms with van der Waals surface area (Å²) in [6.07, 6.45) is 4.98. The molecule has 4 aliphatic carbocycles. The molecule has 6 nitrogen and oxygen atoms in total. The summed E-state index contributed by atoms with van der Waals surface area (Å²) in [5.41, 5.74) is -3.07. The Balaban J connectivity index is 1.53. The molecule has 4 N–H and O–H groups in total. The van der Waals surface area contributed by atoms with Crippen molar-refractivity contribution in [2.24, 2.45) is 22.7 Å². The van der Waals surface area contributed by atoms with Crippen molar-refractivity contribution in [2.75, 3.05) is 5.32 Å². The number of aliphatic hydroxyl groups excluding tert-OH is 1. The van der Waals surface area contributed by atoms with Gasteiger partial charge in [0.2, 0.25) is 11.1 Å². The number of allylic oxidation sites excluding steroid dienone is 3. The van der Waals surface area contributed by atoms with Crippen LogP contribution in [0.25, 0.3) is 0 Å². The molecule has 0 saturated heterocycles. The number of hydrogen-bond donors (Lipinski definition) is 5. The van der Waals surface area contributed by atoms with Crippen LogP contribution >= 0.6 is 12.6 Å². The predicted octanol–water partition coefficient (Wildman–Crippen LogP) is 4.36. The standard InChI is InChI=1S/C26H31F2N3O3S/c1-23-10-14(12-29)19(31-16-4-6-21(27)30-13-16)9-15(23)3-5-18-17-7-8-25(34,22(33)35)24(17,2)11-20(32)26(18,23)28/h4,6,9,12-13,17-18,20,29,31-32,34H,3,5,7-8,10-11H2,1-2H3,(H,33,35)/t17-,18-,20-,23-,24-,25-,26-/m0/s1. The average Bonchev–Trinajstić information content (AvgIpc) is 3.08.